The highest BCUT2D eigenvalue weighted by Gasteiger charge is 2.33. The molecule has 0 saturated carbocycles. The number of fused-ring (bicyclic) bond motifs is 2. The number of benzene rings is 1. The van der Waals surface area contributed by atoms with Gasteiger partial charge in [0.1, 0.15) is 18.7 Å². The van der Waals surface area contributed by atoms with Crippen molar-refractivity contribution in [2.75, 3.05) is 6.54 Å². The molecule has 1 amide bonds. The van der Waals surface area contributed by atoms with Crippen LogP contribution < -0.4 is 5.32 Å². The normalized spacial score (nSPS) is 17.9. The van der Waals surface area contributed by atoms with Crippen molar-refractivity contribution in [1.29, 1.82) is 0 Å². The van der Waals surface area contributed by atoms with Crippen LogP contribution in [0.5, 0.6) is 0 Å². The first-order valence-electron chi connectivity index (χ1n) is 11.8. The molecule has 2 bridgehead atoms. The maximum absolute atomic E-state index is 13.2. The first kappa shape index (κ1) is 25.3. The smallest absolute Gasteiger partial charge is 0.306 e. The van der Waals surface area contributed by atoms with Crippen molar-refractivity contribution in [3.8, 4) is 0 Å². The van der Waals surface area contributed by atoms with Gasteiger partial charge in [0.05, 0.1) is 12.1 Å². The summed E-state index contributed by atoms with van der Waals surface area (Å²) < 4.78 is 10.8. The zero-order chi connectivity index (χ0) is 24.5. The third kappa shape index (κ3) is 7.37. The van der Waals surface area contributed by atoms with Crippen molar-refractivity contribution in [3.05, 3.63) is 53.7 Å². The number of amides is 1. The van der Waals surface area contributed by atoms with Crippen molar-refractivity contribution >= 4 is 23.4 Å². The first-order valence-corrected chi connectivity index (χ1v) is 11.8. The predicted octanol–water partition coefficient (Wildman–Crippen LogP) is 3.22. The molecular formula is C26H32N2O6. The van der Waals surface area contributed by atoms with Crippen LogP contribution in [0.25, 0.3) is 0 Å². The van der Waals surface area contributed by atoms with E-state index in [1.165, 1.54) is 6.26 Å². The van der Waals surface area contributed by atoms with E-state index >= 15 is 0 Å². The van der Waals surface area contributed by atoms with Crippen LogP contribution in [-0.4, -0.2) is 35.0 Å². The van der Waals surface area contributed by atoms with Gasteiger partial charge in [-0.2, -0.15) is 0 Å². The Morgan fingerprint density at radius 1 is 1.18 bits per heavy atom. The Labute approximate surface area is 199 Å². The van der Waals surface area contributed by atoms with Gasteiger partial charge in [0, 0.05) is 37.6 Å². The summed E-state index contributed by atoms with van der Waals surface area (Å²) in [6.45, 7) is 4.22. The lowest BCUT2D eigenvalue weighted by atomic mass is 9.82. The maximum Gasteiger partial charge on any atom is 0.306 e. The van der Waals surface area contributed by atoms with Gasteiger partial charge >= 0.3 is 5.97 Å². The molecule has 0 radical (unpaired) electrons. The molecule has 1 aliphatic heterocycles. The number of oxazole rings is 1. The van der Waals surface area contributed by atoms with Crippen molar-refractivity contribution in [1.82, 2.24) is 10.3 Å². The molecule has 0 spiro atoms. The number of nitrogens with one attached hydrogen (secondary N) is 1. The molecule has 8 nitrogen and oxygen atoms in total. The lowest BCUT2D eigenvalue weighted by Crippen LogP contribution is -2.38. The van der Waals surface area contributed by atoms with Crippen molar-refractivity contribution < 1.29 is 28.3 Å². The number of Topliss-reactive ketones (excluding diaryl/α,β-unsaturated/α-hetero) is 2. The molecule has 1 aromatic heterocycles. The van der Waals surface area contributed by atoms with Gasteiger partial charge < -0.3 is 14.5 Å². The van der Waals surface area contributed by atoms with Gasteiger partial charge in [0.2, 0.25) is 5.78 Å². The molecule has 34 heavy (non-hydrogen) atoms. The number of esters is 1. The largest absolute Gasteiger partial charge is 0.461 e. The van der Waals surface area contributed by atoms with Gasteiger partial charge in [-0.3, -0.25) is 19.2 Å². The molecule has 1 aromatic carbocycles. The number of ether oxygens (including phenoxy) is 1. The molecule has 182 valence electrons. The summed E-state index contributed by atoms with van der Waals surface area (Å²) in [6, 6.07) is 9.31. The average Bonchev–Trinajstić information content (AvgIpc) is 3.27. The molecule has 0 aliphatic carbocycles. The molecule has 8 heteroatoms. The summed E-state index contributed by atoms with van der Waals surface area (Å²) in [5.74, 6) is -3.09. The maximum atomic E-state index is 13.2. The molecule has 1 N–H and O–H groups in total. The Hall–Kier alpha value is -3.29. The van der Waals surface area contributed by atoms with Gasteiger partial charge in [-0.1, -0.05) is 44.2 Å². The third-order valence-corrected chi connectivity index (χ3v) is 6.05. The molecule has 0 fully saturated rings. The number of rotatable bonds is 8. The van der Waals surface area contributed by atoms with Crippen LogP contribution >= 0.6 is 0 Å². The standard InChI is InChI=1S/C26H32N2O6/c1-17(2)21(14-24(30)34-15-18-8-4-3-5-9-18)22(29)13-19-12-20-16-33-23(28-20)10-6-7-11-27-26(32)25(19)31/h3-5,8-9,16-17,19,21H,6-7,10-15H2,1-2H3,(H,27,32). The number of hydrogen-bond acceptors (Lipinski definition) is 7. The number of hydrogen-bond donors (Lipinski definition) is 1. The highest BCUT2D eigenvalue weighted by Crippen LogP contribution is 2.24. The molecule has 3 rings (SSSR count). The van der Waals surface area contributed by atoms with Crippen LogP contribution in [0.2, 0.25) is 0 Å². The molecule has 1 aliphatic rings. The van der Waals surface area contributed by atoms with Crippen LogP contribution in [0.15, 0.2) is 41.0 Å². The SMILES string of the molecule is CC(C)C(CC(=O)OCc1ccccc1)C(=O)CC1Cc2coc(n2)CCCCNC(=O)C1=O. The Balaban J connectivity index is 1.67. The summed E-state index contributed by atoms with van der Waals surface area (Å²) in [6.07, 6.45) is 3.51. The second-order valence-electron chi connectivity index (χ2n) is 9.08. The fourth-order valence-corrected chi connectivity index (χ4v) is 4.04. The Morgan fingerprint density at radius 3 is 2.68 bits per heavy atom. The van der Waals surface area contributed by atoms with Gasteiger partial charge in [-0.15, -0.1) is 0 Å². The summed E-state index contributed by atoms with van der Waals surface area (Å²) in [5, 5.41) is 2.65. The van der Waals surface area contributed by atoms with Gasteiger partial charge in [0.15, 0.2) is 5.89 Å². The third-order valence-electron chi connectivity index (χ3n) is 6.05. The van der Waals surface area contributed by atoms with E-state index in [0.29, 0.717) is 31.0 Å². The zero-order valence-corrected chi connectivity index (χ0v) is 19.7. The van der Waals surface area contributed by atoms with Gasteiger partial charge in [-0.05, 0) is 24.3 Å². The summed E-state index contributed by atoms with van der Waals surface area (Å²) in [7, 11) is 0. The zero-order valence-electron chi connectivity index (χ0n) is 19.7. The fourth-order valence-electron chi connectivity index (χ4n) is 4.04. The summed E-state index contributed by atoms with van der Waals surface area (Å²) in [5.41, 5.74) is 1.40. The fraction of sp³-hybridized carbons (Fsp3) is 0.500. The van der Waals surface area contributed by atoms with E-state index in [9.17, 15) is 19.2 Å². The summed E-state index contributed by atoms with van der Waals surface area (Å²) in [4.78, 5) is 55.3. The quantitative estimate of drug-likeness (QED) is 0.467. The second-order valence-corrected chi connectivity index (χ2v) is 9.08. The van der Waals surface area contributed by atoms with Crippen molar-refractivity contribution in [2.45, 2.75) is 59.0 Å². The molecule has 2 aromatic rings. The van der Waals surface area contributed by atoms with Crippen molar-refractivity contribution in [2.24, 2.45) is 17.8 Å². The van der Waals surface area contributed by atoms with E-state index in [4.69, 9.17) is 9.15 Å². The van der Waals surface area contributed by atoms with Crippen LogP contribution in [0.1, 0.15) is 56.7 Å². The highest BCUT2D eigenvalue weighted by molar-refractivity contribution is 6.37. The minimum Gasteiger partial charge on any atom is -0.461 e. The Kier molecular flexibility index (Phi) is 9.13. The van der Waals surface area contributed by atoms with Crippen LogP contribution in [0, 0.1) is 17.8 Å². The van der Waals surface area contributed by atoms with Crippen molar-refractivity contribution in [3.63, 3.8) is 0 Å². The average molecular weight is 469 g/mol. The van der Waals surface area contributed by atoms with Crippen LogP contribution in [0.3, 0.4) is 0 Å². The van der Waals surface area contributed by atoms with Crippen LogP contribution in [0.4, 0.5) is 0 Å². The van der Waals surface area contributed by atoms with E-state index in [-0.39, 0.29) is 37.6 Å². The van der Waals surface area contributed by atoms with E-state index in [1.807, 2.05) is 44.2 Å². The van der Waals surface area contributed by atoms with Gasteiger partial charge in [0.25, 0.3) is 5.91 Å². The number of carbonyl (C=O) groups is 4. The lowest BCUT2D eigenvalue weighted by Gasteiger charge is -2.21. The number of nitrogens with zero attached hydrogens (tertiary/aromatic N) is 1. The van der Waals surface area contributed by atoms with Crippen LogP contribution in [-0.2, 0) is 43.4 Å². The molecule has 2 heterocycles. The summed E-state index contributed by atoms with van der Waals surface area (Å²) >= 11 is 0. The predicted molar refractivity (Wildman–Crippen MR) is 123 cm³/mol. The number of carbonyl (C=O) groups excluding carboxylic acids is 4. The number of aromatic nitrogens is 1. The lowest BCUT2D eigenvalue weighted by molar-refractivity contribution is -0.149. The molecule has 2 atom stereocenters. The molecule has 0 saturated heterocycles. The molecule has 2 unspecified atom stereocenters. The molecular weight excluding hydrogens is 436 g/mol. The Morgan fingerprint density at radius 2 is 1.94 bits per heavy atom. The van der Waals surface area contributed by atoms with E-state index in [0.717, 1.165) is 12.0 Å². The van der Waals surface area contributed by atoms with E-state index in [2.05, 4.69) is 10.3 Å². The van der Waals surface area contributed by atoms with Gasteiger partial charge in [-0.25, -0.2) is 4.98 Å². The minimum atomic E-state index is -0.869. The topological polar surface area (TPSA) is 116 Å². The monoisotopic (exact) mass is 468 g/mol. The number of ketones is 2. The Bertz CT molecular complexity index is 998. The second kappa shape index (κ2) is 12.3. The minimum absolute atomic E-state index is 0.0788. The van der Waals surface area contributed by atoms with E-state index < -0.39 is 29.5 Å². The van der Waals surface area contributed by atoms with E-state index in [1.54, 1.807) is 0 Å². The number of aryl methyl sites for hydroxylation is 1. The first-order chi connectivity index (χ1) is 16.3. The highest BCUT2D eigenvalue weighted by atomic mass is 16.5.